The number of benzene rings is 1. The van der Waals surface area contributed by atoms with Gasteiger partial charge in [-0.3, -0.25) is 4.79 Å². The molecule has 1 amide bonds. The summed E-state index contributed by atoms with van der Waals surface area (Å²) in [4.78, 5) is 24.9. The van der Waals surface area contributed by atoms with E-state index in [2.05, 4.69) is 38.2 Å². The molecule has 0 unspecified atom stereocenters. The van der Waals surface area contributed by atoms with Crippen molar-refractivity contribution in [1.82, 2.24) is 5.43 Å². The number of cyclic esters (lactones) is 1. The lowest BCUT2D eigenvalue weighted by Gasteiger charge is -2.65. The number of esters is 1. The normalized spacial score (nSPS) is 41.5. The van der Waals surface area contributed by atoms with Crippen LogP contribution in [0.1, 0.15) is 101 Å². The minimum Gasteiger partial charge on any atom is -0.458 e. The molecule has 4 N–H and O–H groups in total. The van der Waals surface area contributed by atoms with E-state index in [0.29, 0.717) is 44.3 Å². The Hall–Kier alpha value is -2.55. The highest BCUT2D eigenvalue weighted by Crippen LogP contribution is 2.70. The molecule has 4 fully saturated rings. The molecule has 0 bridgehead atoms. The molecule has 4 aliphatic carbocycles. The van der Waals surface area contributed by atoms with Gasteiger partial charge in [0.1, 0.15) is 6.61 Å². The van der Waals surface area contributed by atoms with Crippen molar-refractivity contribution in [3.63, 3.8) is 0 Å². The summed E-state index contributed by atoms with van der Waals surface area (Å²) in [5.41, 5.74) is 2.02. The molecule has 0 saturated heterocycles. The van der Waals surface area contributed by atoms with Gasteiger partial charge in [-0.1, -0.05) is 39.8 Å². The summed E-state index contributed by atoms with van der Waals surface area (Å²) in [6, 6.07) is 7.53. The first-order valence-electron chi connectivity index (χ1n) is 15.7. The van der Waals surface area contributed by atoms with E-state index in [4.69, 9.17) is 4.74 Å². The molecule has 0 radical (unpaired) electrons. The lowest BCUT2D eigenvalue weighted by Crippen LogP contribution is -2.68. The summed E-state index contributed by atoms with van der Waals surface area (Å²) < 4.78 is 5.25. The first-order chi connectivity index (χ1) is 19.7. The van der Waals surface area contributed by atoms with Crippen LogP contribution in [0, 0.1) is 28.6 Å². The van der Waals surface area contributed by atoms with Gasteiger partial charge in [0.25, 0.3) is 5.91 Å². The molecule has 1 aliphatic heterocycles. The second-order valence-electron chi connectivity index (χ2n) is 15.0. The number of aliphatic hydroxyl groups is 3. The number of carbonyl (C=O) groups excluding carboxylic acids is 2. The van der Waals surface area contributed by atoms with Gasteiger partial charge in [0, 0.05) is 35.1 Å². The molecule has 1 aromatic rings. The third-order valence-electron chi connectivity index (χ3n) is 12.1. The predicted octanol–water partition coefficient (Wildman–Crippen LogP) is 4.41. The van der Waals surface area contributed by atoms with Crippen LogP contribution in [0.4, 0.5) is 0 Å². The van der Waals surface area contributed by atoms with Crippen LogP contribution in [-0.2, 0) is 14.9 Å². The number of carbonyl (C=O) groups is 2. The lowest BCUT2D eigenvalue weighted by atomic mass is 9.41. The highest BCUT2D eigenvalue weighted by molar-refractivity contribution is 5.94. The molecule has 4 saturated carbocycles. The number of hydrazone groups is 1. The SMILES string of the molecule is CC(C)(C)c1ccc(C(=O)N/N=C\[C@]23CC[C@@H](O)C[C@@]2(O)CC[C@@H]2[C@@H]3CC[C@]3(C)[C@@H](C4=CC(=O)OC4)CC[C@@]23O)cc1. The smallest absolute Gasteiger partial charge is 0.331 e. The van der Waals surface area contributed by atoms with Crippen molar-refractivity contribution in [2.75, 3.05) is 6.61 Å². The number of rotatable bonds is 4. The first-order valence-corrected chi connectivity index (χ1v) is 15.7. The van der Waals surface area contributed by atoms with Gasteiger partial charge in [0.05, 0.1) is 17.3 Å². The van der Waals surface area contributed by atoms with Gasteiger partial charge in [0.15, 0.2) is 0 Å². The standard InChI is InChI=1S/C34H46N2O6/c1-30(2,3)23-7-5-21(6-8-23)29(39)36-35-20-32-14-9-24(37)18-33(32,40)15-11-27-26(32)10-13-31(4)25(12-16-34(27,31)41)22-17-28(38)42-19-22/h5-8,17,20,24-27,37,40-41H,9-16,18-19H2,1-4H3,(H,36,39)/b35-20-/t24-,25-,26+,27-,31-,32+,33+,34-/m1/s1. The molecule has 8 nitrogen and oxygen atoms in total. The second kappa shape index (κ2) is 10.00. The average Bonchev–Trinajstić information content (AvgIpc) is 3.48. The minimum absolute atomic E-state index is 0.0153. The summed E-state index contributed by atoms with van der Waals surface area (Å²) in [5.74, 6) is -0.656. The average molecular weight is 579 g/mol. The first kappa shape index (κ1) is 29.5. The summed E-state index contributed by atoms with van der Waals surface area (Å²) in [6.45, 7) is 8.85. The molecule has 8 heteroatoms. The van der Waals surface area contributed by atoms with Crippen molar-refractivity contribution in [3.8, 4) is 0 Å². The van der Waals surface area contributed by atoms with Gasteiger partial charge in [-0.05, 0) is 97.8 Å². The van der Waals surface area contributed by atoms with Crippen LogP contribution < -0.4 is 5.43 Å². The molecule has 8 atom stereocenters. The third kappa shape index (κ3) is 4.39. The zero-order chi connectivity index (χ0) is 30.1. The van der Waals surface area contributed by atoms with Crippen molar-refractivity contribution >= 4 is 18.1 Å². The van der Waals surface area contributed by atoms with Crippen LogP contribution >= 0.6 is 0 Å². The Morgan fingerprint density at radius 1 is 1.02 bits per heavy atom. The summed E-state index contributed by atoms with van der Waals surface area (Å²) in [5, 5.41) is 39.8. The number of nitrogens with one attached hydrogen (secondary N) is 1. The molecule has 1 aromatic carbocycles. The summed E-state index contributed by atoms with van der Waals surface area (Å²) in [6.07, 6.45) is 8.18. The van der Waals surface area contributed by atoms with Crippen molar-refractivity contribution in [2.24, 2.45) is 33.7 Å². The summed E-state index contributed by atoms with van der Waals surface area (Å²) >= 11 is 0. The number of ether oxygens (including phenoxy) is 1. The van der Waals surface area contributed by atoms with Gasteiger partial charge < -0.3 is 20.1 Å². The fourth-order valence-electron chi connectivity index (χ4n) is 9.75. The number of hydrogen-bond acceptors (Lipinski definition) is 7. The van der Waals surface area contributed by atoms with E-state index < -0.39 is 28.1 Å². The van der Waals surface area contributed by atoms with E-state index in [9.17, 15) is 24.9 Å². The van der Waals surface area contributed by atoms with E-state index in [1.807, 2.05) is 12.1 Å². The summed E-state index contributed by atoms with van der Waals surface area (Å²) in [7, 11) is 0. The van der Waals surface area contributed by atoms with Crippen LogP contribution in [-0.4, -0.2) is 57.3 Å². The highest BCUT2D eigenvalue weighted by atomic mass is 16.5. The number of fused-ring (bicyclic) bond motifs is 5. The van der Waals surface area contributed by atoms with E-state index >= 15 is 0 Å². The lowest BCUT2D eigenvalue weighted by molar-refractivity contribution is -0.237. The molecule has 1 heterocycles. The van der Waals surface area contributed by atoms with Gasteiger partial charge in [0.2, 0.25) is 0 Å². The maximum absolute atomic E-state index is 13.0. The maximum atomic E-state index is 13.0. The number of nitrogens with zero attached hydrogens (tertiary/aromatic N) is 1. The van der Waals surface area contributed by atoms with Crippen LogP contribution in [0.5, 0.6) is 0 Å². The third-order valence-corrected chi connectivity index (χ3v) is 12.1. The minimum atomic E-state index is -1.18. The van der Waals surface area contributed by atoms with Crippen molar-refractivity contribution < 1.29 is 29.6 Å². The Kier molecular flexibility index (Phi) is 7.03. The molecule has 6 rings (SSSR count). The maximum Gasteiger partial charge on any atom is 0.331 e. The molecule has 5 aliphatic rings. The van der Waals surface area contributed by atoms with Crippen LogP contribution in [0.3, 0.4) is 0 Å². The number of hydrogen-bond donors (Lipinski definition) is 4. The van der Waals surface area contributed by atoms with Crippen molar-refractivity contribution in [1.29, 1.82) is 0 Å². The molecule has 0 aromatic heterocycles. The number of aliphatic hydroxyl groups excluding tert-OH is 1. The van der Waals surface area contributed by atoms with Gasteiger partial charge in [-0.25, -0.2) is 10.2 Å². The Labute approximate surface area is 248 Å². The monoisotopic (exact) mass is 578 g/mol. The Bertz CT molecular complexity index is 1320. The van der Waals surface area contributed by atoms with Crippen LogP contribution in [0.15, 0.2) is 41.0 Å². The topological polar surface area (TPSA) is 128 Å². The van der Waals surface area contributed by atoms with E-state index in [1.54, 1.807) is 24.4 Å². The van der Waals surface area contributed by atoms with Gasteiger partial charge in [-0.2, -0.15) is 5.10 Å². The molecule has 228 valence electrons. The highest BCUT2D eigenvalue weighted by Gasteiger charge is 2.71. The van der Waals surface area contributed by atoms with E-state index in [-0.39, 0.29) is 41.5 Å². The van der Waals surface area contributed by atoms with Gasteiger partial charge >= 0.3 is 5.97 Å². The molecular formula is C34H46N2O6. The van der Waals surface area contributed by atoms with Crippen LogP contribution in [0.2, 0.25) is 0 Å². The van der Waals surface area contributed by atoms with E-state index in [0.717, 1.165) is 30.4 Å². The zero-order valence-electron chi connectivity index (χ0n) is 25.4. The second-order valence-corrected chi connectivity index (χ2v) is 15.0. The molecular weight excluding hydrogens is 532 g/mol. The fraction of sp³-hybridized carbons (Fsp3) is 0.676. The zero-order valence-corrected chi connectivity index (χ0v) is 25.4. The molecule has 42 heavy (non-hydrogen) atoms. The van der Waals surface area contributed by atoms with Gasteiger partial charge in [-0.15, -0.1) is 0 Å². The van der Waals surface area contributed by atoms with E-state index in [1.165, 1.54) is 0 Å². The van der Waals surface area contributed by atoms with Crippen molar-refractivity contribution in [3.05, 3.63) is 47.0 Å². The Balaban J connectivity index is 1.28. The molecule has 0 spiro atoms. The Morgan fingerprint density at radius 2 is 1.74 bits per heavy atom. The fourth-order valence-corrected chi connectivity index (χ4v) is 9.75. The van der Waals surface area contributed by atoms with Crippen molar-refractivity contribution in [2.45, 2.75) is 108 Å². The van der Waals surface area contributed by atoms with Crippen LogP contribution in [0.25, 0.3) is 0 Å². The number of amides is 1. The predicted molar refractivity (Wildman–Crippen MR) is 159 cm³/mol. The Morgan fingerprint density at radius 3 is 2.40 bits per heavy atom. The largest absolute Gasteiger partial charge is 0.458 e. The quantitative estimate of drug-likeness (QED) is 0.238.